The van der Waals surface area contributed by atoms with E-state index in [1.807, 2.05) is 0 Å². The van der Waals surface area contributed by atoms with Gasteiger partial charge in [-0.05, 0) is 49.9 Å². The van der Waals surface area contributed by atoms with Gasteiger partial charge in [0.1, 0.15) is 0 Å². The maximum atomic E-state index is 6.30. The van der Waals surface area contributed by atoms with Crippen LogP contribution in [0.5, 0.6) is 0 Å². The van der Waals surface area contributed by atoms with Gasteiger partial charge in [-0.25, -0.2) is 0 Å². The van der Waals surface area contributed by atoms with Gasteiger partial charge in [-0.15, -0.1) is 0 Å². The molecule has 0 heterocycles. The molecule has 0 saturated heterocycles. The zero-order valence-electron chi connectivity index (χ0n) is 12.9. The molecule has 2 saturated carbocycles. The molecule has 0 aromatic heterocycles. The molecular weight excluding hydrogens is 326 g/mol. The monoisotopic (exact) mass is 351 g/mol. The van der Waals surface area contributed by atoms with Crippen molar-refractivity contribution in [2.24, 2.45) is 5.41 Å². The van der Waals surface area contributed by atoms with Gasteiger partial charge in [-0.3, -0.25) is 0 Å². The van der Waals surface area contributed by atoms with Gasteiger partial charge in [0.05, 0.1) is 12.7 Å². The van der Waals surface area contributed by atoms with Gasteiger partial charge in [0.2, 0.25) is 0 Å². The largest absolute Gasteiger partial charge is 0.373 e. The van der Waals surface area contributed by atoms with E-state index in [2.05, 4.69) is 52.4 Å². The van der Waals surface area contributed by atoms with E-state index < -0.39 is 0 Å². The number of rotatable bonds is 6. The summed E-state index contributed by atoms with van der Waals surface area (Å²) in [6, 6.07) is 9.18. The first-order valence-corrected chi connectivity index (χ1v) is 9.13. The van der Waals surface area contributed by atoms with E-state index in [9.17, 15) is 0 Å². The Morgan fingerprint density at radius 1 is 1.24 bits per heavy atom. The van der Waals surface area contributed by atoms with Crippen LogP contribution in [0.2, 0.25) is 0 Å². The number of hydrogen-bond donors (Lipinski definition) is 1. The normalized spacial score (nSPS) is 27.0. The van der Waals surface area contributed by atoms with Crippen LogP contribution in [0.15, 0.2) is 28.7 Å². The molecule has 116 valence electrons. The van der Waals surface area contributed by atoms with E-state index >= 15 is 0 Å². The van der Waals surface area contributed by atoms with E-state index in [4.69, 9.17) is 4.74 Å². The van der Waals surface area contributed by atoms with Crippen LogP contribution in [-0.4, -0.2) is 18.7 Å². The summed E-state index contributed by atoms with van der Waals surface area (Å²) >= 11 is 3.48. The van der Waals surface area contributed by atoms with Crippen LogP contribution in [0.3, 0.4) is 0 Å². The summed E-state index contributed by atoms with van der Waals surface area (Å²) in [4.78, 5) is 0. The highest BCUT2D eigenvalue weighted by Crippen LogP contribution is 2.54. The predicted molar refractivity (Wildman–Crippen MR) is 90.3 cm³/mol. The van der Waals surface area contributed by atoms with Crippen molar-refractivity contribution in [1.82, 2.24) is 5.32 Å². The van der Waals surface area contributed by atoms with Crippen LogP contribution in [0.25, 0.3) is 0 Å². The molecular formula is C18H26BrNO. The van der Waals surface area contributed by atoms with E-state index in [1.54, 1.807) is 0 Å². The topological polar surface area (TPSA) is 21.3 Å². The molecule has 0 radical (unpaired) electrons. The minimum Gasteiger partial charge on any atom is -0.373 e. The van der Waals surface area contributed by atoms with E-state index in [1.165, 1.54) is 44.1 Å². The van der Waals surface area contributed by atoms with Crippen molar-refractivity contribution in [3.63, 3.8) is 0 Å². The van der Waals surface area contributed by atoms with E-state index in [0.717, 1.165) is 17.6 Å². The highest BCUT2D eigenvalue weighted by atomic mass is 79.9. The summed E-state index contributed by atoms with van der Waals surface area (Å²) in [6.07, 6.45) is 8.31. The van der Waals surface area contributed by atoms with Crippen molar-refractivity contribution in [2.75, 3.05) is 6.54 Å². The molecule has 2 unspecified atom stereocenters. The average Bonchev–Trinajstić information content (AvgIpc) is 3.00. The Labute approximate surface area is 136 Å². The van der Waals surface area contributed by atoms with E-state index in [0.29, 0.717) is 17.6 Å². The molecule has 2 aliphatic carbocycles. The smallest absolute Gasteiger partial charge is 0.0720 e. The molecule has 3 rings (SSSR count). The SMILES string of the molecule is CCCNC1CC(OCc2ccc(Br)cc2)C12CCCC2. The maximum Gasteiger partial charge on any atom is 0.0720 e. The van der Waals surface area contributed by atoms with Crippen molar-refractivity contribution in [1.29, 1.82) is 0 Å². The molecule has 1 aromatic rings. The summed E-state index contributed by atoms with van der Waals surface area (Å²) in [7, 11) is 0. The Morgan fingerprint density at radius 2 is 1.95 bits per heavy atom. The molecule has 3 heteroatoms. The summed E-state index contributed by atoms with van der Waals surface area (Å²) < 4.78 is 7.43. The molecule has 2 aliphatic rings. The summed E-state index contributed by atoms with van der Waals surface area (Å²) in [6.45, 7) is 4.14. The van der Waals surface area contributed by atoms with Crippen molar-refractivity contribution < 1.29 is 4.74 Å². The molecule has 1 aromatic carbocycles. The predicted octanol–water partition coefficient (Wildman–Crippen LogP) is 4.67. The zero-order chi connectivity index (χ0) is 14.7. The van der Waals surface area contributed by atoms with Gasteiger partial charge in [-0.2, -0.15) is 0 Å². The summed E-state index contributed by atoms with van der Waals surface area (Å²) in [5.74, 6) is 0. The third-order valence-electron chi connectivity index (χ3n) is 5.32. The zero-order valence-corrected chi connectivity index (χ0v) is 14.5. The molecule has 2 atom stereocenters. The summed E-state index contributed by atoms with van der Waals surface area (Å²) in [5, 5.41) is 3.75. The minimum atomic E-state index is 0.435. The number of benzene rings is 1. The lowest BCUT2D eigenvalue weighted by atomic mass is 9.60. The Bertz CT molecular complexity index is 453. The molecule has 1 spiro atoms. The first-order valence-electron chi connectivity index (χ1n) is 8.34. The van der Waals surface area contributed by atoms with Crippen molar-refractivity contribution in [2.45, 2.75) is 64.2 Å². The number of ether oxygens (including phenoxy) is 1. The van der Waals surface area contributed by atoms with Crippen molar-refractivity contribution in [3.05, 3.63) is 34.3 Å². The third-order valence-corrected chi connectivity index (χ3v) is 5.85. The minimum absolute atomic E-state index is 0.435. The fraction of sp³-hybridized carbons (Fsp3) is 0.667. The highest BCUT2D eigenvalue weighted by molar-refractivity contribution is 9.10. The standard InChI is InChI=1S/C18H26BrNO/c1-2-11-20-16-12-17(18(16)9-3-4-10-18)21-13-14-5-7-15(19)8-6-14/h5-8,16-17,20H,2-4,9-13H2,1H3. The molecule has 2 nitrogen and oxygen atoms in total. The lowest BCUT2D eigenvalue weighted by Crippen LogP contribution is -2.62. The second-order valence-electron chi connectivity index (χ2n) is 6.61. The quantitative estimate of drug-likeness (QED) is 0.804. The number of nitrogens with one attached hydrogen (secondary N) is 1. The Hall–Kier alpha value is -0.380. The number of hydrogen-bond acceptors (Lipinski definition) is 2. The van der Waals surface area contributed by atoms with Crippen LogP contribution in [0.1, 0.15) is 51.0 Å². The fourth-order valence-electron chi connectivity index (χ4n) is 4.07. The molecule has 0 bridgehead atoms. The second kappa shape index (κ2) is 6.80. The van der Waals surface area contributed by atoms with Gasteiger partial charge < -0.3 is 10.1 Å². The summed E-state index contributed by atoms with van der Waals surface area (Å²) in [5.41, 5.74) is 1.71. The third kappa shape index (κ3) is 3.20. The van der Waals surface area contributed by atoms with Gasteiger partial charge in [-0.1, -0.05) is 47.8 Å². The van der Waals surface area contributed by atoms with Crippen LogP contribution in [0, 0.1) is 5.41 Å². The van der Waals surface area contributed by atoms with Crippen LogP contribution < -0.4 is 5.32 Å². The van der Waals surface area contributed by atoms with Crippen molar-refractivity contribution >= 4 is 15.9 Å². The first kappa shape index (κ1) is 15.5. The van der Waals surface area contributed by atoms with Gasteiger partial charge in [0.15, 0.2) is 0 Å². The fourth-order valence-corrected chi connectivity index (χ4v) is 4.33. The average molecular weight is 352 g/mol. The first-order chi connectivity index (χ1) is 10.2. The van der Waals surface area contributed by atoms with Crippen LogP contribution in [0.4, 0.5) is 0 Å². The highest BCUT2D eigenvalue weighted by Gasteiger charge is 2.56. The van der Waals surface area contributed by atoms with Crippen LogP contribution >= 0.6 is 15.9 Å². The molecule has 2 fully saturated rings. The second-order valence-corrected chi connectivity index (χ2v) is 7.52. The Kier molecular flexibility index (Phi) is 5.03. The molecule has 21 heavy (non-hydrogen) atoms. The van der Waals surface area contributed by atoms with Crippen LogP contribution in [-0.2, 0) is 11.3 Å². The lowest BCUT2D eigenvalue weighted by molar-refractivity contribution is -0.140. The van der Waals surface area contributed by atoms with Gasteiger partial charge in [0.25, 0.3) is 0 Å². The van der Waals surface area contributed by atoms with E-state index in [-0.39, 0.29) is 0 Å². The number of halogens is 1. The Balaban J connectivity index is 1.57. The molecule has 0 aliphatic heterocycles. The van der Waals surface area contributed by atoms with Gasteiger partial charge in [0, 0.05) is 15.9 Å². The Morgan fingerprint density at radius 3 is 2.62 bits per heavy atom. The molecule has 0 amide bonds. The lowest BCUT2D eigenvalue weighted by Gasteiger charge is -2.54. The maximum absolute atomic E-state index is 6.30. The van der Waals surface area contributed by atoms with Gasteiger partial charge >= 0.3 is 0 Å². The molecule has 1 N–H and O–H groups in total. The van der Waals surface area contributed by atoms with Crippen molar-refractivity contribution in [3.8, 4) is 0 Å².